The Morgan fingerprint density at radius 2 is 1.86 bits per heavy atom. The van der Waals surface area contributed by atoms with Gasteiger partial charge in [0, 0.05) is 37.1 Å². The van der Waals surface area contributed by atoms with Crippen molar-refractivity contribution in [2.45, 2.75) is 25.4 Å². The van der Waals surface area contributed by atoms with Crippen LogP contribution in [-0.4, -0.2) is 58.7 Å². The molecule has 0 saturated heterocycles. The number of carbonyl (C=O) groups excluding carboxylic acids is 3. The van der Waals surface area contributed by atoms with Crippen LogP contribution in [0.5, 0.6) is 0 Å². The molecule has 1 aromatic carbocycles. The molecule has 0 atom stereocenters. The first-order valence-electron chi connectivity index (χ1n) is 9.42. The molecule has 3 amide bonds. The van der Waals surface area contributed by atoms with Gasteiger partial charge >= 0.3 is 0 Å². The number of carbonyl (C=O) groups is 3. The number of aromatic nitrogens is 1. The van der Waals surface area contributed by atoms with Crippen LogP contribution in [-0.2, 0) is 6.54 Å². The number of nitrogens with zero attached hydrogens (tertiary/aromatic N) is 3. The summed E-state index contributed by atoms with van der Waals surface area (Å²) in [6.07, 6.45) is 5.69. The van der Waals surface area contributed by atoms with Crippen molar-refractivity contribution in [2.24, 2.45) is 0 Å². The maximum Gasteiger partial charge on any atom is 0.261 e. The van der Waals surface area contributed by atoms with Crippen molar-refractivity contribution in [3.05, 3.63) is 65.0 Å². The van der Waals surface area contributed by atoms with Crippen LogP contribution >= 0.6 is 0 Å². The summed E-state index contributed by atoms with van der Waals surface area (Å²) in [6, 6.07) is 8.85. The van der Waals surface area contributed by atoms with Gasteiger partial charge in [0.2, 0.25) is 0 Å². The van der Waals surface area contributed by atoms with Gasteiger partial charge in [0.25, 0.3) is 17.7 Å². The molecule has 28 heavy (non-hydrogen) atoms. The molecule has 0 unspecified atom stereocenters. The van der Waals surface area contributed by atoms with Crippen molar-refractivity contribution in [1.82, 2.24) is 20.1 Å². The molecule has 2 aromatic rings. The lowest BCUT2D eigenvalue weighted by molar-refractivity contribution is 0.0642. The van der Waals surface area contributed by atoms with Crippen LogP contribution in [0, 0.1) is 0 Å². The smallest absolute Gasteiger partial charge is 0.261 e. The van der Waals surface area contributed by atoms with Crippen LogP contribution in [0.2, 0.25) is 0 Å². The molecule has 4 rings (SSSR count). The Bertz CT molecular complexity index is 925. The Morgan fingerprint density at radius 1 is 1.14 bits per heavy atom. The van der Waals surface area contributed by atoms with Crippen LogP contribution in [0.1, 0.15) is 49.5 Å². The van der Waals surface area contributed by atoms with E-state index in [1.165, 1.54) is 23.8 Å². The van der Waals surface area contributed by atoms with Gasteiger partial charge in [-0.05, 0) is 55.8 Å². The Hall–Kier alpha value is -3.06. The van der Waals surface area contributed by atoms with Gasteiger partial charge in [0.1, 0.15) is 0 Å². The van der Waals surface area contributed by atoms with Gasteiger partial charge in [-0.15, -0.1) is 0 Å². The lowest BCUT2D eigenvalue weighted by Gasteiger charge is -2.15. The average Bonchev–Trinajstić information content (AvgIpc) is 3.53. The fourth-order valence-corrected chi connectivity index (χ4v) is 3.39. The summed E-state index contributed by atoms with van der Waals surface area (Å²) < 4.78 is 0. The average molecular weight is 378 g/mol. The third kappa shape index (κ3) is 3.66. The summed E-state index contributed by atoms with van der Waals surface area (Å²) in [5.74, 6) is -0.949. The van der Waals surface area contributed by atoms with Crippen molar-refractivity contribution in [2.75, 3.05) is 20.1 Å². The number of rotatable bonds is 7. The fraction of sp³-hybridized carbons (Fsp3) is 0.333. The Balaban J connectivity index is 1.43. The topological polar surface area (TPSA) is 82.6 Å². The number of benzene rings is 1. The molecule has 1 aliphatic heterocycles. The van der Waals surface area contributed by atoms with Crippen molar-refractivity contribution < 1.29 is 14.4 Å². The number of pyridine rings is 1. The Labute approximate surface area is 163 Å². The molecule has 0 spiro atoms. The van der Waals surface area contributed by atoms with Gasteiger partial charge in [-0.1, -0.05) is 0 Å². The molecular weight excluding hydrogens is 356 g/mol. The van der Waals surface area contributed by atoms with E-state index in [0.717, 1.165) is 12.1 Å². The molecule has 144 valence electrons. The lowest BCUT2D eigenvalue weighted by atomic mass is 10.1. The molecule has 2 heterocycles. The van der Waals surface area contributed by atoms with Gasteiger partial charge in [-0.2, -0.15) is 0 Å². The monoisotopic (exact) mass is 378 g/mol. The summed E-state index contributed by atoms with van der Waals surface area (Å²) in [7, 11) is 2.06. The van der Waals surface area contributed by atoms with Crippen LogP contribution < -0.4 is 5.32 Å². The number of likely N-dealkylation sites (N-methyl/N-ethyl adjacent to an activating group) is 1. The highest BCUT2D eigenvalue weighted by molar-refractivity contribution is 6.22. The maximum absolute atomic E-state index is 12.7. The molecule has 1 fully saturated rings. The third-order valence-corrected chi connectivity index (χ3v) is 5.24. The van der Waals surface area contributed by atoms with E-state index in [1.54, 1.807) is 36.7 Å². The van der Waals surface area contributed by atoms with Gasteiger partial charge < -0.3 is 10.2 Å². The lowest BCUT2D eigenvalue weighted by Crippen LogP contribution is -2.34. The summed E-state index contributed by atoms with van der Waals surface area (Å²) in [5.41, 5.74) is 1.83. The summed E-state index contributed by atoms with van der Waals surface area (Å²) >= 11 is 0. The molecule has 7 heteroatoms. The summed E-state index contributed by atoms with van der Waals surface area (Å²) in [5, 5.41) is 2.88. The van der Waals surface area contributed by atoms with E-state index < -0.39 is 0 Å². The standard InChI is InChI=1S/C21H22N4O3/c1-24(16-3-4-16)11-10-23-19(26)15-2-5-17-18(12-15)21(28)25(20(17)27)13-14-6-8-22-9-7-14/h2,5-9,12,16H,3-4,10-11,13H2,1H3,(H,23,26). The van der Waals surface area contributed by atoms with E-state index >= 15 is 0 Å². The Morgan fingerprint density at radius 3 is 2.57 bits per heavy atom. The zero-order chi connectivity index (χ0) is 19.7. The number of nitrogens with one attached hydrogen (secondary N) is 1. The molecule has 7 nitrogen and oxygen atoms in total. The van der Waals surface area contributed by atoms with Crippen LogP contribution in [0.4, 0.5) is 0 Å². The second-order valence-electron chi connectivity index (χ2n) is 7.28. The van der Waals surface area contributed by atoms with E-state index in [9.17, 15) is 14.4 Å². The summed E-state index contributed by atoms with van der Waals surface area (Å²) in [4.78, 5) is 45.1. The van der Waals surface area contributed by atoms with Gasteiger partial charge in [-0.25, -0.2) is 0 Å². The van der Waals surface area contributed by atoms with Crippen LogP contribution in [0.15, 0.2) is 42.7 Å². The van der Waals surface area contributed by atoms with Gasteiger partial charge in [0.05, 0.1) is 17.7 Å². The first-order valence-corrected chi connectivity index (χ1v) is 9.42. The predicted octanol–water partition coefficient (Wildman–Crippen LogP) is 1.70. The number of amides is 3. The minimum atomic E-state index is -0.375. The van der Waals surface area contributed by atoms with Crippen molar-refractivity contribution in [3.63, 3.8) is 0 Å². The molecular formula is C21H22N4O3. The highest BCUT2D eigenvalue weighted by atomic mass is 16.2. The van der Waals surface area contributed by atoms with Crippen molar-refractivity contribution in [3.8, 4) is 0 Å². The first kappa shape index (κ1) is 18.3. The number of imide groups is 1. The van der Waals surface area contributed by atoms with E-state index in [0.29, 0.717) is 23.7 Å². The fourth-order valence-electron chi connectivity index (χ4n) is 3.39. The normalized spacial score (nSPS) is 15.9. The maximum atomic E-state index is 12.7. The van der Waals surface area contributed by atoms with Crippen LogP contribution in [0.3, 0.4) is 0 Å². The second kappa shape index (κ2) is 7.52. The predicted molar refractivity (Wildman–Crippen MR) is 103 cm³/mol. The van der Waals surface area contributed by atoms with Gasteiger partial charge in [0.15, 0.2) is 0 Å². The van der Waals surface area contributed by atoms with Crippen molar-refractivity contribution >= 4 is 17.7 Å². The molecule has 1 aromatic heterocycles. The van der Waals surface area contributed by atoms with E-state index in [-0.39, 0.29) is 29.8 Å². The number of hydrogen-bond acceptors (Lipinski definition) is 5. The van der Waals surface area contributed by atoms with E-state index in [4.69, 9.17) is 0 Å². The van der Waals surface area contributed by atoms with Gasteiger partial charge in [-0.3, -0.25) is 24.3 Å². The van der Waals surface area contributed by atoms with E-state index in [2.05, 4.69) is 22.2 Å². The molecule has 1 aliphatic carbocycles. The zero-order valence-electron chi connectivity index (χ0n) is 15.7. The first-order chi connectivity index (χ1) is 13.5. The molecule has 0 radical (unpaired) electrons. The quantitative estimate of drug-likeness (QED) is 0.742. The molecule has 1 N–H and O–H groups in total. The van der Waals surface area contributed by atoms with E-state index in [1.807, 2.05) is 0 Å². The highest BCUT2D eigenvalue weighted by Crippen LogP contribution is 2.26. The third-order valence-electron chi connectivity index (χ3n) is 5.24. The minimum Gasteiger partial charge on any atom is -0.351 e. The highest BCUT2D eigenvalue weighted by Gasteiger charge is 2.36. The number of fused-ring (bicyclic) bond motifs is 1. The molecule has 0 bridgehead atoms. The number of hydrogen-bond donors (Lipinski definition) is 1. The molecule has 2 aliphatic rings. The largest absolute Gasteiger partial charge is 0.351 e. The second-order valence-corrected chi connectivity index (χ2v) is 7.28. The molecule has 1 saturated carbocycles. The SMILES string of the molecule is CN(CCNC(=O)c1ccc2c(c1)C(=O)N(Cc1ccncc1)C2=O)C1CC1. The van der Waals surface area contributed by atoms with Crippen molar-refractivity contribution in [1.29, 1.82) is 0 Å². The summed E-state index contributed by atoms with van der Waals surface area (Å²) in [6.45, 7) is 1.52. The Kier molecular flexibility index (Phi) is 4.92. The van der Waals surface area contributed by atoms with Crippen LogP contribution in [0.25, 0.3) is 0 Å². The zero-order valence-corrected chi connectivity index (χ0v) is 15.7. The minimum absolute atomic E-state index is 0.184.